The molecule has 2 fully saturated rings. The van der Waals surface area contributed by atoms with Gasteiger partial charge >= 0.3 is 0 Å². The number of amides is 1. The number of carbonyl (C=O) groups excluding carboxylic acids is 1. The molecule has 15 nitrogen and oxygen atoms in total. The Morgan fingerprint density at radius 2 is 1.70 bits per heavy atom. The largest absolute Gasteiger partial charge is 0.455 e. The molecule has 350 valence electrons. The second kappa shape index (κ2) is 20.1. The molecule has 17 heteroatoms. The van der Waals surface area contributed by atoms with Crippen LogP contribution in [-0.4, -0.2) is 122 Å². The number of nitro benzene ring substituents is 1. The lowest BCUT2D eigenvalue weighted by atomic mass is 9.72. The van der Waals surface area contributed by atoms with Gasteiger partial charge in [-0.1, -0.05) is 43.2 Å². The summed E-state index contributed by atoms with van der Waals surface area (Å²) in [5.74, 6) is -0.459. The normalized spacial score (nSPS) is 17.6. The Morgan fingerprint density at radius 3 is 2.42 bits per heavy atom. The van der Waals surface area contributed by atoms with Gasteiger partial charge in [-0.05, 0) is 111 Å². The van der Waals surface area contributed by atoms with Gasteiger partial charge in [-0.15, -0.1) is 0 Å². The molecule has 2 aliphatic heterocycles. The number of ether oxygens (including phenoxy) is 1. The first-order chi connectivity index (χ1) is 31.6. The average molecular weight is 939 g/mol. The van der Waals surface area contributed by atoms with E-state index in [4.69, 9.17) is 16.3 Å². The molecule has 0 bridgehead atoms. The highest BCUT2D eigenvalue weighted by Crippen LogP contribution is 2.43. The van der Waals surface area contributed by atoms with E-state index in [0.717, 1.165) is 113 Å². The zero-order chi connectivity index (χ0) is 46.6. The molecule has 1 amide bonds. The highest BCUT2D eigenvalue weighted by molar-refractivity contribution is 7.90. The fourth-order valence-corrected chi connectivity index (χ4v) is 10.3. The molecule has 8 rings (SSSR count). The summed E-state index contributed by atoms with van der Waals surface area (Å²) in [6, 6.07) is 21.0. The number of H-pyrrole nitrogens is 1. The molecule has 0 spiro atoms. The van der Waals surface area contributed by atoms with Crippen molar-refractivity contribution in [2.24, 2.45) is 5.41 Å². The van der Waals surface area contributed by atoms with Crippen molar-refractivity contribution < 1.29 is 22.9 Å². The number of benzene rings is 3. The van der Waals surface area contributed by atoms with Gasteiger partial charge in [-0.3, -0.25) is 24.7 Å². The number of piperazine rings is 2. The van der Waals surface area contributed by atoms with Gasteiger partial charge in [0.15, 0.2) is 0 Å². The lowest BCUT2D eigenvalue weighted by molar-refractivity contribution is -0.384. The number of sulfonamides is 1. The van der Waals surface area contributed by atoms with Crippen molar-refractivity contribution in [3.8, 4) is 11.5 Å². The standard InChI is InChI=1S/C49H60ClN9O6S/c1-34(2)57-24-20-55(21-25-57)19-5-17-51-44-13-11-41(30-45(44)59(61)62)66(63,64)54-48(60)42-12-10-39(29-46(42)65-40-28-36-15-18-52-47(36)53-32-40)58-26-22-56(23-27-58)33-37-14-16-49(3,4)31-43(37)35-6-8-38(50)9-7-35/h6-13,15,18,28-30,32,34,51H,5,14,16-17,19-27,31,33H2,1-4H3,(H,52,53)(H,54,60). The molecule has 0 radical (unpaired) electrons. The fourth-order valence-electron chi connectivity index (χ4n) is 9.22. The number of hydrogen-bond acceptors (Lipinski definition) is 12. The number of pyridine rings is 1. The van der Waals surface area contributed by atoms with E-state index in [-0.39, 0.29) is 22.4 Å². The Morgan fingerprint density at radius 1 is 0.955 bits per heavy atom. The van der Waals surface area contributed by atoms with Crippen molar-refractivity contribution >= 4 is 61.2 Å². The third kappa shape index (κ3) is 11.3. The van der Waals surface area contributed by atoms with Gasteiger partial charge in [0.05, 0.1) is 21.6 Å². The quantitative estimate of drug-likeness (QED) is 0.0490. The van der Waals surface area contributed by atoms with Crippen LogP contribution in [0.25, 0.3) is 16.6 Å². The monoisotopic (exact) mass is 937 g/mol. The lowest BCUT2D eigenvalue weighted by Gasteiger charge is -2.39. The predicted molar refractivity (Wildman–Crippen MR) is 261 cm³/mol. The van der Waals surface area contributed by atoms with Gasteiger partial charge < -0.3 is 24.8 Å². The summed E-state index contributed by atoms with van der Waals surface area (Å²) in [5.41, 5.74) is 5.58. The van der Waals surface area contributed by atoms with Gasteiger partial charge in [-0.25, -0.2) is 18.1 Å². The maximum atomic E-state index is 14.0. The highest BCUT2D eigenvalue weighted by Gasteiger charge is 2.31. The Bertz CT molecular complexity index is 2690. The number of nitrogens with zero attached hydrogens (tertiary/aromatic N) is 6. The van der Waals surface area contributed by atoms with Gasteiger partial charge in [0.2, 0.25) is 0 Å². The molecule has 3 N–H and O–H groups in total. The molecule has 4 heterocycles. The third-order valence-corrected chi connectivity index (χ3v) is 14.7. The van der Waals surface area contributed by atoms with Gasteiger partial charge in [0.25, 0.3) is 21.6 Å². The molecule has 3 aromatic carbocycles. The van der Waals surface area contributed by atoms with Crippen LogP contribution in [0.5, 0.6) is 11.5 Å². The van der Waals surface area contributed by atoms with Crippen molar-refractivity contribution in [2.45, 2.75) is 64.3 Å². The molecule has 66 heavy (non-hydrogen) atoms. The van der Waals surface area contributed by atoms with E-state index >= 15 is 0 Å². The predicted octanol–water partition coefficient (Wildman–Crippen LogP) is 8.65. The second-order valence-corrected chi connectivity index (χ2v) is 20.8. The third-order valence-electron chi connectivity index (χ3n) is 13.1. The van der Waals surface area contributed by atoms with Crippen LogP contribution in [0.4, 0.5) is 17.1 Å². The molecule has 0 atom stereocenters. The summed E-state index contributed by atoms with van der Waals surface area (Å²) in [7, 11) is -4.56. The van der Waals surface area contributed by atoms with Crippen molar-refractivity contribution in [3.05, 3.63) is 117 Å². The topological polar surface area (TPSA) is 169 Å². The number of allylic oxidation sites excluding steroid dienone is 1. The number of hydrogen-bond donors (Lipinski definition) is 3. The van der Waals surface area contributed by atoms with Crippen molar-refractivity contribution in [2.75, 3.05) is 82.2 Å². The zero-order valence-electron chi connectivity index (χ0n) is 38.2. The number of aromatic amines is 1. The van der Waals surface area contributed by atoms with E-state index in [1.807, 2.05) is 18.2 Å². The number of nitro groups is 1. The van der Waals surface area contributed by atoms with Crippen LogP contribution in [0.1, 0.15) is 69.3 Å². The van der Waals surface area contributed by atoms with E-state index in [1.165, 1.54) is 35.0 Å². The summed E-state index contributed by atoms with van der Waals surface area (Å²) in [6.07, 6.45) is 7.25. The second-order valence-electron chi connectivity index (χ2n) is 18.7. The van der Waals surface area contributed by atoms with Crippen LogP contribution in [0, 0.1) is 15.5 Å². The van der Waals surface area contributed by atoms with E-state index in [2.05, 4.69) is 79.4 Å². The summed E-state index contributed by atoms with van der Waals surface area (Å²) in [6.45, 7) is 18.3. The first-order valence-corrected chi connectivity index (χ1v) is 24.7. The minimum atomic E-state index is -4.56. The molecule has 2 aromatic heterocycles. The molecule has 3 aliphatic rings. The molecule has 2 saturated heterocycles. The van der Waals surface area contributed by atoms with Gasteiger partial charge in [0.1, 0.15) is 22.8 Å². The average Bonchev–Trinajstić information content (AvgIpc) is 3.77. The number of nitrogens with one attached hydrogen (secondary N) is 3. The van der Waals surface area contributed by atoms with E-state index < -0.39 is 31.4 Å². The number of carbonyl (C=O) groups is 1. The van der Waals surface area contributed by atoms with Crippen molar-refractivity contribution in [1.29, 1.82) is 0 Å². The van der Waals surface area contributed by atoms with Crippen molar-refractivity contribution in [1.82, 2.24) is 29.4 Å². The first-order valence-electron chi connectivity index (χ1n) is 22.9. The van der Waals surface area contributed by atoms with Gasteiger partial charge in [-0.2, -0.15) is 0 Å². The summed E-state index contributed by atoms with van der Waals surface area (Å²) in [4.78, 5) is 42.2. The number of aromatic nitrogens is 2. The van der Waals surface area contributed by atoms with Gasteiger partial charge in [0, 0.05) is 106 Å². The SMILES string of the molecule is CC(C)N1CCN(CCCNc2ccc(S(=O)(=O)NC(=O)c3ccc(N4CCN(CC5=C(c6ccc(Cl)cc6)CC(C)(C)CC5)CC4)cc3Oc3cnc4[nH]ccc4c3)cc2[N+](=O)[O-])CC1. The molecular formula is C49H60ClN9O6S. The number of fused-ring (bicyclic) bond motifs is 1. The number of rotatable bonds is 16. The van der Waals surface area contributed by atoms with Crippen LogP contribution in [0.15, 0.2) is 95.7 Å². The molecule has 0 unspecified atom stereocenters. The van der Waals surface area contributed by atoms with E-state index in [1.54, 1.807) is 30.5 Å². The molecule has 0 saturated carbocycles. The number of halogens is 1. The first kappa shape index (κ1) is 47.0. The van der Waals surface area contributed by atoms with Crippen LogP contribution in [0.2, 0.25) is 5.02 Å². The van der Waals surface area contributed by atoms with E-state index in [9.17, 15) is 23.3 Å². The Labute approximate surface area is 392 Å². The summed E-state index contributed by atoms with van der Waals surface area (Å²) >= 11 is 6.25. The summed E-state index contributed by atoms with van der Waals surface area (Å²) in [5, 5.41) is 16.8. The minimum Gasteiger partial charge on any atom is -0.455 e. The summed E-state index contributed by atoms with van der Waals surface area (Å²) < 4.78 is 36.0. The maximum absolute atomic E-state index is 14.0. The fraction of sp³-hybridized carbons (Fsp3) is 0.429. The maximum Gasteiger partial charge on any atom is 0.293 e. The van der Waals surface area contributed by atoms with E-state index in [0.29, 0.717) is 24.0 Å². The van der Waals surface area contributed by atoms with Crippen molar-refractivity contribution in [3.63, 3.8) is 0 Å². The van der Waals surface area contributed by atoms with Crippen LogP contribution >= 0.6 is 11.6 Å². The van der Waals surface area contributed by atoms with Crippen LogP contribution in [0.3, 0.4) is 0 Å². The highest BCUT2D eigenvalue weighted by atomic mass is 35.5. The smallest absolute Gasteiger partial charge is 0.293 e. The zero-order valence-corrected chi connectivity index (χ0v) is 39.8. The van der Waals surface area contributed by atoms with Crippen LogP contribution in [-0.2, 0) is 10.0 Å². The minimum absolute atomic E-state index is 0.0320. The molecular weight excluding hydrogens is 878 g/mol. The van der Waals surface area contributed by atoms with Crippen LogP contribution < -0.4 is 19.7 Å². The molecule has 5 aromatic rings. The number of anilines is 2. The Kier molecular flexibility index (Phi) is 14.3. The molecule has 1 aliphatic carbocycles. The lowest BCUT2D eigenvalue weighted by Crippen LogP contribution is -2.49. The Balaban J connectivity index is 0.958. The Hall–Kier alpha value is -5.52.